The van der Waals surface area contributed by atoms with Crippen molar-refractivity contribution in [3.63, 3.8) is 0 Å². The number of halogens is 5. The van der Waals surface area contributed by atoms with E-state index >= 15 is 8.78 Å². The number of nitrogens with two attached hydrogens (primary N) is 1. The topological polar surface area (TPSA) is 93.6 Å². The minimum absolute atomic E-state index is 0.0183. The predicted molar refractivity (Wildman–Crippen MR) is 172 cm³/mol. The molecule has 1 aliphatic heterocycles. The predicted octanol–water partition coefficient (Wildman–Crippen LogP) is 7.70. The molecule has 1 saturated heterocycles. The van der Waals surface area contributed by atoms with Gasteiger partial charge in [-0.2, -0.15) is 0 Å². The fourth-order valence-corrected chi connectivity index (χ4v) is 5.46. The number of piperidine rings is 1. The minimum atomic E-state index is -2.62. The molecule has 248 valence electrons. The van der Waals surface area contributed by atoms with Gasteiger partial charge in [-0.15, -0.1) is 0 Å². The van der Waals surface area contributed by atoms with Crippen LogP contribution in [0.2, 0.25) is 0 Å². The molecule has 48 heavy (non-hydrogen) atoms. The number of rotatable bonds is 10. The van der Waals surface area contributed by atoms with Crippen LogP contribution < -0.4 is 11.1 Å². The molecule has 3 N–H and O–H groups in total. The van der Waals surface area contributed by atoms with E-state index < -0.39 is 34.8 Å². The number of hydrogen-bond acceptors (Lipinski definition) is 6. The Morgan fingerprint density at radius 2 is 1.71 bits per heavy atom. The highest BCUT2D eigenvalue weighted by Gasteiger charge is 2.33. The van der Waals surface area contributed by atoms with Crippen LogP contribution in [0.3, 0.4) is 0 Å². The minimum Gasteiger partial charge on any atom is -0.459 e. The summed E-state index contributed by atoms with van der Waals surface area (Å²) in [5.74, 6) is -5.59. The number of carbonyl (C=O) groups excluding carboxylic acids is 1. The Morgan fingerprint density at radius 1 is 0.979 bits per heavy atom. The molecule has 0 radical (unpaired) electrons. The number of nitrogen functional groups attached to an aromatic ring is 1. The molecular formula is C36H31F5N4O3. The standard InChI is InChI=1S/C36H31F5N4O3/c37-27-16-30(38)34(31(39)17-27)29-15-25(24-5-1-23(2-6-24)20-47-21-45-11-9-36(40,41)10-12-45)13-26-14-28(48-35(26)29)19-44-33(46)8-4-22-3-7-32(42)43-18-22/h1-8,13-18H,9-12,19-21H2,(H2,42,43)(H,44,46)/b8-4+. The number of carbonyl (C=O) groups is 1. The molecule has 0 spiro atoms. The number of likely N-dealkylation sites (tertiary alicyclic amines) is 1. The zero-order valence-electron chi connectivity index (χ0n) is 25.6. The Balaban J connectivity index is 1.21. The average molecular weight is 663 g/mol. The third-order valence-electron chi connectivity index (χ3n) is 8.03. The van der Waals surface area contributed by atoms with Gasteiger partial charge in [0.2, 0.25) is 5.91 Å². The van der Waals surface area contributed by atoms with Crippen LogP contribution in [0.5, 0.6) is 0 Å². The van der Waals surface area contributed by atoms with Gasteiger partial charge < -0.3 is 20.2 Å². The Kier molecular flexibility index (Phi) is 9.56. The lowest BCUT2D eigenvalue weighted by molar-refractivity contribution is -0.116. The second-order valence-corrected chi connectivity index (χ2v) is 11.6. The summed E-state index contributed by atoms with van der Waals surface area (Å²) >= 11 is 0. The molecule has 2 aromatic heterocycles. The van der Waals surface area contributed by atoms with E-state index in [0.29, 0.717) is 40.2 Å². The van der Waals surface area contributed by atoms with E-state index in [2.05, 4.69) is 10.3 Å². The third-order valence-corrected chi connectivity index (χ3v) is 8.03. The first kappa shape index (κ1) is 32.9. The molecule has 7 nitrogen and oxygen atoms in total. The van der Waals surface area contributed by atoms with E-state index in [4.69, 9.17) is 14.9 Å². The van der Waals surface area contributed by atoms with E-state index in [1.165, 1.54) is 12.3 Å². The molecule has 0 unspecified atom stereocenters. The van der Waals surface area contributed by atoms with Gasteiger partial charge in [0, 0.05) is 61.3 Å². The van der Waals surface area contributed by atoms with Crippen molar-refractivity contribution in [2.45, 2.75) is 31.9 Å². The number of nitrogens with zero attached hydrogens (tertiary/aromatic N) is 2. The van der Waals surface area contributed by atoms with Crippen molar-refractivity contribution in [2.75, 3.05) is 25.6 Å². The number of pyridine rings is 1. The maximum atomic E-state index is 15.1. The Morgan fingerprint density at radius 3 is 2.40 bits per heavy atom. The first-order valence-corrected chi connectivity index (χ1v) is 15.2. The Hall–Kier alpha value is -5.07. The van der Waals surface area contributed by atoms with Crippen LogP contribution in [0.25, 0.3) is 39.3 Å². The van der Waals surface area contributed by atoms with Gasteiger partial charge in [0.05, 0.1) is 25.4 Å². The lowest BCUT2D eigenvalue weighted by Gasteiger charge is -2.31. The number of anilines is 1. The summed E-state index contributed by atoms with van der Waals surface area (Å²) in [5.41, 5.74) is 8.23. The molecule has 0 saturated carbocycles. The molecule has 1 aliphatic rings. The van der Waals surface area contributed by atoms with Crippen LogP contribution in [0.4, 0.5) is 27.8 Å². The monoisotopic (exact) mass is 662 g/mol. The Bertz CT molecular complexity index is 1930. The van der Waals surface area contributed by atoms with E-state index in [0.717, 1.165) is 11.1 Å². The van der Waals surface area contributed by atoms with Gasteiger partial charge in [-0.1, -0.05) is 24.3 Å². The zero-order valence-corrected chi connectivity index (χ0v) is 25.6. The van der Waals surface area contributed by atoms with Crippen LogP contribution in [0.1, 0.15) is 29.7 Å². The molecule has 3 aromatic carbocycles. The zero-order chi connectivity index (χ0) is 33.8. The normalized spacial score (nSPS) is 14.9. The summed E-state index contributed by atoms with van der Waals surface area (Å²) in [4.78, 5) is 18.3. The lowest BCUT2D eigenvalue weighted by Crippen LogP contribution is -2.40. The van der Waals surface area contributed by atoms with E-state index in [1.807, 2.05) is 29.2 Å². The van der Waals surface area contributed by atoms with Crippen LogP contribution in [0, 0.1) is 17.5 Å². The molecule has 5 aromatic rings. The summed E-state index contributed by atoms with van der Waals surface area (Å²) in [6.07, 6.45) is 4.05. The Labute approximate surface area is 272 Å². The van der Waals surface area contributed by atoms with Crippen molar-refractivity contribution >= 4 is 28.8 Å². The molecule has 1 amide bonds. The van der Waals surface area contributed by atoms with Crippen molar-refractivity contribution in [3.8, 4) is 22.3 Å². The first-order chi connectivity index (χ1) is 23.0. The maximum absolute atomic E-state index is 15.1. The molecule has 6 rings (SSSR count). The van der Waals surface area contributed by atoms with Crippen LogP contribution in [0.15, 0.2) is 83.4 Å². The van der Waals surface area contributed by atoms with Gasteiger partial charge in [0.1, 0.15) is 34.6 Å². The number of benzene rings is 3. The summed E-state index contributed by atoms with van der Waals surface area (Å²) in [5, 5.41) is 3.23. The molecule has 0 aliphatic carbocycles. The number of fused-ring (bicyclic) bond motifs is 1. The average Bonchev–Trinajstić information content (AvgIpc) is 3.47. The highest BCUT2D eigenvalue weighted by molar-refractivity contribution is 5.97. The smallest absolute Gasteiger partial charge is 0.250 e. The summed E-state index contributed by atoms with van der Waals surface area (Å²) in [6.45, 7) is 1.04. The number of amides is 1. The van der Waals surface area contributed by atoms with E-state index in [1.54, 1.807) is 36.4 Å². The number of hydrogen-bond donors (Lipinski definition) is 2. The van der Waals surface area contributed by atoms with Gasteiger partial charge in [0.25, 0.3) is 5.92 Å². The number of alkyl halides is 2. The SMILES string of the molecule is Nc1ccc(/C=C/C(=O)NCc2cc3cc(-c4ccc(COCN5CCC(F)(F)CC5)cc4)cc(-c4c(F)cc(F)cc4F)c3o2)cn1. The number of aromatic nitrogens is 1. The molecule has 0 atom stereocenters. The van der Waals surface area contributed by atoms with Crippen LogP contribution >= 0.6 is 0 Å². The lowest BCUT2D eigenvalue weighted by atomic mass is 9.95. The molecule has 0 bridgehead atoms. The van der Waals surface area contributed by atoms with Gasteiger partial charge in [-0.3, -0.25) is 9.69 Å². The largest absolute Gasteiger partial charge is 0.459 e. The van der Waals surface area contributed by atoms with Crippen molar-refractivity contribution in [3.05, 3.63) is 113 Å². The highest BCUT2D eigenvalue weighted by atomic mass is 19.3. The van der Waals surface area contributed by atoms with Gasteiger partial charge in [-0.05, 0) is 58.7 Å². The first-order valence-electron chi connectivity index (χ1n) is 15.2. The van der Waals surface area contributed by atoms with E-state index in [9.17, 15) is 18.0 Å². The summed E-state index contributed by atoms with van der Waals surface area (Å²) in [6, 6.07) is 16.9. The van der Waals surface area contributed by atoms with Crippen molar-refractivity contribution in [1.82, 2.24) is 15.2 Å². The fraction of sp³-hybridized carbons (Fsp3) is 0.222. The second kappa shape index (κ2) is 14.0. The second-order valence-electron chi connectivity index (χ2n) is 11.6. The third kappa shape index (κ3) is 7.89. The highest BCUT2D eigenvalue weighted by Crippen LogP contribution is 2.38. The molecule has 1 fully saturated rings. The molecule has 3 heterocycles. The van der Waals surface area contributed by atoms with Crippen LogP contribution in [-0.2, 0) is 22.7 Å². The van der Waals surface area contributed by atoms with Gasteiger partial charge >= 0.3 is 0 Å². The van der Waals surface area contributed by atoms with E-state index in [-0.39, 0.29) is 57.0 Å². The quantitative estimate of drug-likeness (QED) is 0.118. The van der Waals surface area contributed by atoms with Crippen molar-refractivity contribution in [1.29, 1.82) is 0 Å². The fourth-order valence-electron chi connectivity index (χ4n) is 5.46. The van der Waals surface area contributed by atoms with Gasteiger partial charge in [-0.25, -0.2) is 26.9 Å². The van der Waals surface area contributed by atoms with Gasteiger partial charge in [0.15, 0.2) is 0 Å². The summed E-state index contributed by atoms with van der Waals surface area (Å²) in [7, 11) is 0. The van der Waals surface area contributed by atoms with Crippen molar-refractivity contribution < 1.29 is 35.9 Å². The maximum Gasteiger partial charge on any atom is 0.250 e. The number of nitrogens with one attached hydrogen (secondary N) is 1. The van der Waals surface area contributed by atoms with Crippen LogP contribution in [-0.4, -0.2) is 41.5 Å². The van der Waals surface area contributed by atoms with Crippen molar-refractivity contribution in [2.24, 2.45) is 0 Å². The number of ether oxygens (including phenoxy) is 1. The number of furan rings is 1. The summed E-state index contributed by atoms with van der Waals surface area (Å²) < 4.78 is 82.5. The molecule has 12 heteroatoms. The molecular weight excluding hydrogens is 631 g/mol.